The van der Waals surface area contributed by atoms with Gasteiger partial charge in [0.15, 0.2) is 0 Å². The molecule has 0 saturated carbocycles. The Hall–Kier alpha value is -1.51. The summed E-state index contributed by atoms with van der Waals surface area (Å²) < 4.78 is 6.15. The van der Waals surface area contributed by atoms with Crippen molar-refractivity contribution in [3.05, 3.63) is 58.6 Å². The lowest BCUT2D eigenvalue weighted by atomic mass is 9.84. The highest BCUT2D eigenvalue weighted by Gasteiger charge is 2.38. The number of ether oxygens (including phenoxy) is 1. The molecule has 2 atom stereocenters. The largest absolute Gasteiger partial charge is 0.457 e. The van der Waals surface area contributed by atoms with Crippen LogP contribution in [0.3, 0.4) is 0 Å². The third kappa shape index (κ3) is 1.83. The minimum absolute atomic E-state index is 0.456. The van der Waals surface area contributed by atoms with Crippen LogP contribution in [-0.4, -0.2) is 25.0 Å². The van der Waals surface area contributed by atoms with Crippen molar-refractivity contribution in [1.29, 1.82) is 0 Å². The standard InChI is InChI=1S/C17H16ClNO/c1-19-9-14-12-4-2-3-5-16(12)20-17-7-6-11(18)8-13(17)15(14)10-19/h2-8,14-15H,9-10H2,1H3/t14-,15-/m0/s1/i18+1. The van der Waals surface area contributed by atoms with Crippen molar-refractivity contribution in [2.45, 2.75) is 11.8 Å². The second-order valence-corrected chi connectivity index (χ2v) is 6.19. The van der Waals surface area contributed by atoms with Gasteiger partial charge in [0.25, 0.3) is 0 Å². The average Bonchev–Trinajstić information content (AvgIpc) is 2.78. The van der Waals surface area contributed by atoms with Gasteiger partial charge in [0.1, 0.15) is 11.5 Å². The molecule has 0 unspecified atom stereocenters. The second kappa shape index (κ2) is 4.51. The zero-order valence-corrected chi connectivity index (χ0v) is 12.1. The first-order chi connectivity index (χ1) is 9.72. The lowest BCUT2D eigenvalue weighted by molar-refractivity contribution is 0.401. The highest BCUT2D eigenvalue weighted by Crippen LogP contribution is 2.49. The highest BCUT2D eigenvalue weighted by molar-refractivity contribution is 6.30. The quantitative estimate of drug-likeness (QED) is 0.717. The Morgan fingerprint density at radius 2 is 1.70 bits per heavy atom. The molecule has 1 saturated heterocycles. The van der Waals surface area contributed by atoms with Crippen molar-refractivity contribution in [2.75, 3.05) is 20.1 Å². The van der Waals surface area contributed by atoms with Crippen molar-refractivity contribution in [3.63, 3.8) is 0 Å². The molecule has 2 nitrogen and oxygen atoms in total. The summed E-state index contributed by atoms with van der Waals surface area (Å²) >= 11 is 6.20. The van der Waals surface area contributed by atoms with Gasteiger partial charge in [-0.3, -0.25) is 0 Å². The number of likely N-dealkylation sites (tertiary alicyclic amines) is 1. The first-order valence-electron chi connectivity index (χ1n) is 6.97. The summed E-state index contributed by atoms with van der Waals surface area (Å²) in [6.45, 7) is 2.12. The summed E-state index contributed by atoms with van der Waals surface area (Å²) in [5, 5.41) is 0.784. The smallest absolute Gasteiger partial charge is 0.131 e. The number of fused-ring (bicyclic) bond motifs is 5. The number of nitrogens with zero attached hydrogens (tertiary/aromatic N) is 1. The molecule has 0 amide bonds. The summed E-state index contributed by atoms with van der Waals surface area (Å²) in [6.07, 6.45) is 0. The molecule has 2 aliphatic rings. The summed E-state index contributed by atoms with van der Waals surface area (Å²) in [6, 6.07) is 14.4. The van der Waals surface area contributed by atoms with Crippen LogP contribution in [0.15, 0.2) is 42.5 Å². The predicted octanol–water partition coefficient (Wildman–Crippen LogP) is 4.26. The molecular weight excluding hydrogens is 270 g/mol. The van der Waals surface area contributed by atoms with Gasteiger partial charge in [-0.05, 0) is 36.9 Å². The van der Waals surface area contributed by atoms with E-state index in [9.17, 15) is 0 Å². The topological polar surface area (TPSA) is 12.5 Å². The number of para-hydroxylation sites is 1. The summed E-state index contributed by atoms with van der Waals surface area (Å²) in [7, 11) is 2.18. The average molecular weight is 286 g/mol. The molecule has 2 aromatic rings. The Labute approximate surface area is 123 Å². The molecule has 0 radical (unpaired) electrons. The van der Waals surface area contributed by atoms with Crippen molar-refractivity contribution in [2.24, 2.45) is 0 Å². The molecule has 2 aliphatic heterocycles. The van der Waals surface area contributed by atoms with Gasteiger partial charge >= 0.3 is 0 Å². The molecule has 0 bridgehead atoms. The molecule has 1 fully saturated rings. The fraction of sp³-hybridized carbons (Fsp3) is 0.294. The molecule has 0 N–H and O–H groups in total. The lowest BCUT2D eigenvalue weighted by Gasteiger charge is -2.17. The van der Waals surface area contributed by atoms with Gasteiger partial charge in [-0.2, -0.15) is 0 Å². The van der Waals surface area contributed by atoms with E-state index >= 15 is 0 Å². The van der Waals surface area contributed by atoms with Crippen LogP contribution < -0.4 is 4.74 Å². The molecule has 0 aromatic heterocycles. The van der Waals surface area contributed by atoms with Gasteiger partial charge < -0.3 is 9.64 Å². The summed E-state index contributed by atoms with van der Waals surface area (Å²) in [4.78, 5) is 2.39. The molecule has 4 rings (SSSR count). The fourth-order valence-electron chi connectivity index (χ4n) is 3.53. The van der Waals surface area contributed by atoms with Crippen LogP contribution in [0, 0.1) is 0 Å². The van der Waals surface area contributed by atoms with E-state index in [1.807, 2.05) is 18.2 Å². The summed E-state index contributed by atoms with van der Waals surface area (Å²) in [5.41, 5.74) is 2.55. The molecule has 2 aromatic carbocycles. The lowest BCUT2D eigenvalue weighted by Crippen LogP contribution is -2.14. The van der Waals surface area contributed by atoms with Crippen LogP contribution in [0.5, 0.6) is 11.5 Å². The predicted molar refractivity (Wildman–Crippen MR) is 80.9 cm³/mol. The Balaban J connectivity index is 1.93. The van der Waals surface area contributed by atoms with Gasteiger partial charge in [-0.15, -0.1) is 0 Å². The van der Waals surface area contributed by atoms with E-state index in [0.29, 0.717) is 11.8 Å². The van der Waals surface area contributed by atoms with Crippen LogP contribution in [0.25, 0.3) is 0 Å². The first-order valence-corrected chi connectivity index (χ1v) is 7.35. The Kier molecular flexibility index (Phi) is 2.76. The van der Waals surface area contributed by atoms with Crippen LogP contribution in [-0.2, 0) is 0 Å². The maximum Gasteiger partial charge on any atom is 0.131 e. The third-order valence-corrected chi connectivity index (χ3v) is 4.65. The number of benzene rings is 2. The third-order valence-electron chi connectivity index (χ3n) is 4.41. The zero-order chi connectivity index (χ0) is 13.7. The second-order valence-electron chi connectivity index (χ2n) is 5.76. The minimum Gasteiger partial charge on any atom is -0.457 e. The van der Waals surface area contributed by atoms with Crippen molar-refractivity contribution >= 4 is 11.6 Å². The van der Waals surface area contributed by atoms with E-state index in [1.54, 1.807) is 0 Å². The van der Waals surface area contributed by atoms with Gasteiger partial charge in [0.2, 0.25) is 0 Å². The number of halogens is 1. The van der Waals surface area contributed by atoms with E-state index in [-0.39, 0.29) is 0 Å². The minimum atomic E-state index is 0.456. The van der Waals surface area contributed by atoms with E-state index in [4.69, 9.17) is 16.3 Å². The molecule has 3 heteroatoms. The number of hydrogen-bond acceptors (Lipinski definition) is 2. The van der Waals surface area contributed by atoms with E-state index in [0.717, 1.165) is 29.6 Å². The van der Waals surface area contributed by atoms with Gasteiger partial charge in [0.05, 0.1) is 0 Å². The summed E-state index contributed by atoms with van der Waals surface area (Å²) in [5.74, 6) is 2.87. The van der Waals surface area contributed by atoms with E-state index in [2.05, 4.69) is 36.2 Å². The van der Waals surface area contributed by atoms with Crippen LogP contribution in [0.4, 0.5) is 0 Å². The van der Waals surface area contributed by atoms with Gasteiger partial charge in [0, 0.05) is 35.5 Å². The van der Waals surface area contributed by atoms with Gasteiger partial charge in [-0.1, -0.05) is 29.8 Å². The van der Waals surface area contributed by atoms with E-state index in [1.165, 1.54) is 11.1 Å². The van der Waals surface area contributed by atoms with Gasteiger partial charge in [-0.25, -0.2) is 0 Å². The highest BCUT2D eigenvalue weighted by atomic mass is 36.0. The van der Waals surface area contributed by atoms with Crippen LogP contribution in [0.1, 0.15) is 23.0 Å². The van der Waals surface area contributed by atoms with Crippen molar-refractivity contribution in [1.82, 2.24) is 4.90 Å². The number of likely N-dealkylation sites (N-methyl/N-ethyl adjacent to an activating group) is 1. The molecule has 102 valence electrons. The molecular formula is C17H16ClNO. The maximum atomic E-state index is 6.20. The SMILES string of the molecule is CN1C[C@H]2c3ccccc3Oc3ccc([36Cl])cc3[C@@H]2C1. The molecule has 0 aliphatic carbocycles. The monoisotopic (exact) mass is 286 g/mol. The number of hydrogen-bond donors (Lipinski definition) is 0. The molecule has 2 heterocycles. The van der Waals surface area contributed by atoms with Crippen LogP contribution >= 0.6 is 11.6 Å². The Bertz CT molecular complexity index is 670. The normalized spacial score (nSPS) is 24.3. The van der Waals surface area contributed by atoms with Crippen LogP contribution in [0.2, 0.25) is 5.02 Å². The van der Waals surface area contributed by atoms with Crippen molar-refractivity contribution < 1.29 is 4.74 Å². The fourth-order valence-corrected chi connectivity index (χ4v) is 3.71. The van der Waals surface area contributed by atoms with Crippen molar-refractivity contribution in [3.8, 4) is 11.5 Å². The molecule has 20 heavy (non-hydrogen) atoms. The first kappa shape index (κ1) is 12.2. The Morgan fingerprint density at radius 3 is 2.55 bits per heavy atom. The maximum absolute atomic E-state index is 6.20. The number of rotatable bonds is 0. The molecule has 0 spiro atoms. The Morgan fingerprint density at radius 1 is 1.00 bits per heavy atom. The van der Waals surface area contributed by atoms with E-state index < -0.39 is 0 Å². The zero-order valence-electron chi connectivity index (χ0n) is 11.3.